The van der Waals surface area contributed by atoms with Gasteiger partial charge in [0.1, 0.15) is 0 Å². The van der Waals surface area contributed by atoms with Crippen LogP contribution in [0.1, 0.15) is 35.7 Å². The van der Waals surface area contributed by atoms with E-state index in [1.54, 1.807) is 0 Å². The molecule has 3 heteroatoms. The highest BCUT2D eigenvalue weighted by Crippen LogP contribution is 2.28. The van der Waals surface area contributed by atoms with Gasteiger partial charge in [0.2, 0.25) is 5.91 Å². The molecule has 2 amide bonds. The van der Waals surface area contributed by atoms with Crippen molar-refractivity contribution in [1.82, 2.24) is 4.90 Å². The molecule has 3 nitrogen and oxygen atoms in total. The molecule has 1 aliphatic rings. The number of amides is 2. The van der Waals surface area contributed by atoms with Crippen LogP contribution in [0, 0.1) is 0 Å². The molecule has 102 valence electrons. The summed E-state index contributed by atoms with van der Waals surface area (Å²) in [7, 11) is 0. The highest BCUT2D eigenvalue weighted by molar-refractivity contribution is 6.16. The fourth-order valence-corrected chi connectivity index (χ4v) is 2.77. The molecule has 20 heavy (non-hydrogen) atoms. The zero-order valence-electron chi connectivity index (χ0n) is 11.6. The second kappa shape index (κ2) is 5.08. The lowest BCUT2D eigenvalue weighted by molar-refractivity contribution is -0.128. The van der Waals surface area contributed by atoms with Crippen molar-refractivity contribution < 1.29 is 9.59 Å². The fourth-order valence-electron chi connectivity index (χ4n) is 2.77. The van der Waals surface area contributed by atoms with Gasteiger partial charge in [-0.05, 0) is 22.8 Å². The largest absolute Gasteiger partial charge is 0.278 e. The molecular weight excluding hydrogens is 250 g/mol. The Hall–Kier alpha value is -2.16. The van der Waals surface area contributed by atoms with Gasteiger partial charge in [-0.15, -0.1) is 0 Å². The van der Waals surface area contributed by atoms with Crippen molar-refractivity contribution in [3.63, 3.8) is 0 Å². The van der Waals surface area contributed by atoms with Gasteiger partial charge in [0.15, 0.2) is 0 Å². The van der Waals surface area contributed by atoms with Gasteiger partial charge in [0.05, 0.1) is 12.0 Å². The molecule has 1 aliphatic heterocycles. The molecule has 2 aromatic carbocycles. The average molecular weight is 267 g/mol. The number of rotatable bonds is 3. The summed E-state index contributed by atoms with van der Waals surface area (Å²) in [6.45, 7) is 2.58. The fraction of sp³-hybridized carbons (Fsp3) is 0.294. The van der Waals surface area contributed by atoms with Crippen molar-refractivity contribution >= 4 is 22.6 Å². The Kier molecular flexibility index (Phi) is 3.26. The van der Waals surface area contributed by atoms with Crippen molar-refractivity contribution in [2.24, 2.45) is 0 Å². The number of carbonyl (C=O) groups is 2. The normalized spacial score (nSPS) is 14.8. The second-order valence-electron chi connectivity index (χ2n) is 5.20. The SMILES string of the molecule is CCCCN1C(=O)Cc2ccc3ccccc3c2C1=O. The second-order valence-corrected chi connectivity index (χ2v) is 5.20. The molecule has 1 heterocycles. The topological polar surface area (TPSA) is 37.4 Å². The third-order valence-corrected chi connectivity index (χ3v) is 3.85. The predicted molar refractivity (Wildman–Crippen MR) is 78.6 cm³/mol. The summed E-state index contributed by atoms with van der Waals surface area (Å²) >= 11 is 0. The number of fused-ring (bicyclic) bond motifs is 3. The Balaban J connectivity index is 2.12. The summed E-state index contributed by atoms with van der Waals surface area (Å²) in [5.74, 6) is -0.215. The van der Waals surface area contributed by atoms with E-state index in [2.05, 4.69) is 6.92 Å². The number of benzene rings is 2. The Morgan fingerprint density at radius 3 is 2.70 bits per heavy atom. The standard InChI is InChI=1S/C17H17NO2/c1-2-3-10-18-15(19)11-13-9-8-12-6-4-5-7-14(12)16(13)17(18)20/h4-9H,2-3,10-11H2,1H3. The smallest absolute Gasteiger partial charge is 0.261 e. The minimum absolute atomic E-state index is 0.0776. The molecule has 0 saturated carbocycles. The van der Waals surface area contributed by atoms with Gasteiger partial charge in [-0.2, -0.15) is 0 Å². The first-order valence-electron chi connectivity index (χ1n) is 7.07. The van der Waals surface area contributed by atoms with E-state index in [4.69, 9.17) is 0 Å². The Morgan fingerprint density at radius 1 is 1.10 bits per heavy atom. The maximum Gasteiger partial charge on any atom is 0.261 e. The van der Waals surface area contributed by atoms with Crippen LogP contribution in [-0.2, 0) is 11.2 Å². The Labute approximate surface area is 118 Å². The van der Waals surface area contributed by atoms with E-state index < -0.39 is 0 Å². The highest BCUT2D eigenvalue weighted by Gasteiger charge is 2.31. The van der Waals surface area contributed by atoms with Crippen LogP contribution in [-0.4, -0.2) is 23.3 Å². The molecule has 0 atom stereocenters. The number of carbonyl (C=O) groups excluding carboxylic acids is 2. The van der Waals surface area contributed by atoms with Crippen molar-refractivity contribution in [1.29, 1.82) is 0 Å². The van der Waals surface area contributed by atoms with Crippen LogP contribution in [0.5, 0.6) is 0 Å². The van der Waals surface area contributed by atoms with Crippen LogP contribution >= 0.6 is 0 Å². The van der Waals surface area contributed by atoms with Gasteiger partial charge in [0.25, 0.3) is 5.91 Å². The summed E-state index contributed by atoms with van der Waals surface area (Å²) in [4.78, 5) is 26.2. The van der Waals surface area contributed by atoms with E-state index in [-0.39, 0.29) is 11.8 Å². The summed E-state index contributed by atoms with van der Waals surface area (Å²) in [6.07, 6.45) is 2.16. The van der Waals surface area contributed by atoms with Crippen LogP contribution in [0.25, 0.3) is 10.8 Å². The summed E-state index contributed by atoms with van der Waals surface area (Å²) < 4.78 is 0. The number of hydrogen-bond acceptors (Lipinski definition) is 2. The van der Waals surface area contributed by atoms with Gasteiger partial charge >= 0.3 is 0 Å². The van der Waals surface area contributed by atoms with Gasteiger partial charge in [-0.25, -0.2) is 0 Å². The van der Waals surface area contributed by atoms with Crippen LogP contribution in [0.4, 0.5) is 0 Å². The molecule has 2 aromatic rings. The summed E-state index contributed by atoms with van der Waals surface area (Å²) in [5.41, 5.74) is 1.56. The molecule has 0 saturated heterocycles. The number of hydrogen-bond donors (Lipinski definition) is 0. The monoisotopic (exact) mass is 267 g/mol. The van der Waals surface area contributed by atoms with Crippen LogP contribution in [0.2, 0.25) is 0 Å². The van der Waals surface area contributed by atoms with Crippen LogP contribution in [0.15, 0.2) is 36.4 Å². The molecule has 0 unspecified atom stereocenters. The van der Waals surface area contributed by atoms with E-state index in [1.165, 1.54) is 4.90 Å². The third-order valence-electron chi connectivity index (χ3n) is 3.85. The van der Waals surface area contributed by atoms with Gasteiger partial charge < -0.3 is 0 Å². The molecule has 0 radical (unpaired) electrons. The first kappa shape index (κ1) is 12.9. The zero-order chi connectivity index (χ0) is 14.1. The highest BCUT2D eigenvalue weighted by atomic mass is 16.2. The van der Waals surface area contributed by atoms with Crippen molar-refractivity contribution in [2.75, 3.05) is 6.54 Å². The average Bonchev–Trinajstić information content (AvgIpc) is 2.46. The summed E-state index contributed by atoms with van der Waals surface area (Å²) in [5, 5.41) is 1.99. The lowest BCUT2D eigenvalue weighted by Crippen LogP contribution is -2.42. The predicted octanol–water partition coefficient (Wildman–Crippen LogP) is 3.16. The zero-order valence-corrected chi connectivity index (χ0v) is 11.6. The molecule has 0 spiro atoms. The van der Waals surface area contributed by atoms with Gasteiger partial charge in [-0.3, -0.25) is 14.5 Å². The van der Waals surface area contributed by atoms with Crippen molar-refractivity contribution in [3.8, 4) is 0 Å². The van der Waals surface area contributed by atoms with Crippen LogP contribution in [0.3, 0.4) is 0 Å². The molecule has 3 rings (SSSR count). The van der Waals surface area contributed by atoms with Crippen LogP contribution < -0.4 is 0 Å². The van der Waals surface area contributed by atoms with Gasteiger partial charge in [0, 0.05) is 6.54 Å². The molecular formula is C17H17NO2. The first-order chi connectivity index (χ1) is 9.72. The van der Waals surface area contributed by atoms with E-state index in [0.29, 0.717) is 18.5 Å². The lowest BCUT2D eigenvalue weighted by Gasteiger charge is -2.27. The quantitative estimate of drug-likeness (QED) is 0.801. The van der Waals surface area contributed by atoms with E-state index in [0.717, 1.165) is 29.2 Å². The minimum Gasteiger partial charge on any atom is -0.278 e. The van der Waals surface area contributed by atoms with E-state index >= 15 is 0 Å². The molecule has 0 N–H and O–H groups in total. The number of imide groups is 1. The third kappa shape index (κ3) is 1.99. The minimum atomic E-state index is -0.137. The lowest BCUT2D eigenvalue weighted by atomic mass is 9.92. The maximum absolute atomic E-state index is 12.7. The molecule has 0 aromatic heterocycles. The van der Waals surface area contributed by atoms with Crippen molar-refractivity contribution in [2.45, 2.75) is 26.2 Å². The Morgan fingerprint density at radius 2 is 1.90 bits per heavy atom. The first-order valence-corrected chi connectivity index (χ1v) is 7.07. The summed E-state index contributed by atoms with van der Waals surface area (Å²) in [6, 6.07) is 11.7. The number of nitrogens with zero attached hydrogens (tertiary/aromatic N) is 1. The number of unbranched alkanes of at least 4 members (excludes halogenated alkanes) is 1. The van der Waals surface area contributed by atoms with E-state index in [9.17, 15) is 9.59 Å². The molecule has 0 aliphatic carbocycles. The van der Waals surface area contributed by atoms with Gasteiger partial charge in [-0.1, -0.05) is 49.7 Å². The van der Waals surface area contributed by atoms with E-state index in [1.807, 2.05) is 36.4 Å². The maximum atomic E-state index is 12.7. The van der Waals surface area contributed by atoms with Crippen molar-refractivity contribution in [3.05, 3.63) is 47.5 Å². The molecule has 0 bridgehead atoms. The Bertz CT molecular complexity index is 690. The molecule has 0 fully saturated rings.